The Bertz CT molecular complexity index is 934. The molecule has 0 spiro atoms. The largest absolute Gasteiger partial charge is 0.467 e. The number of anilines is 1. The van der Waals surface area contributed by atoms with Crippen LogP contribution in [0, 0.1) is 0 Å². The van der Waals surface area contributed by atoms with Crippen LogP contribution in [0.4, 0.5) is 5.69 Å². The number of carbonyl (C=O) groups excluding carboxylic acids is 2. The van der Waals surface area contributed by atoms with Crippen LogP contribution in [0.15, 0.2) is 77.4 Å². The van der Waals surface area contributed by atoms with Crippen LogP contribution in [-0.4, -0.2) is 23.3 Å². The third kappa shape index (κ3) is 3.98. The SMILES string of the molecule is O=C(c1ccc(N2CCCC2=O)cc1)N(Cc1ccccc1)Cc1ccco1. The van der Waals surface area contributed by atoms with E-state index in [1.807, 2.05) is 54.6 Å². The summed E-state index contributed by atoms with van der Waals surface area (Å²) in [7, 11) is 0. The zero-order valence-corrected chi connectivity index (χ0v) is 15.6. The van der Waals surface area contributed by atoms with Gasteiger partial charge in [0.15, 0.2) is 0 Å². The van der Waals surface area contributed by atoms with Gasteiger partial charge < -0.3 is 14.2 Å². The lowest BCUT2D eigenvalue weighted by Crippen LogP contribution is -2.30. The topological polar surface area (TPSA) is 53.8 Å². The van der Waals surface area contributed by atoms with Crippen molar-refractivity contribution in [3.63, 3.8) is 0 Å². The van der Waals surface area contributed by atoms with Gasteiger partial charge in [0.05, 0.1) is 12.8 Å². The minimum absolute atomic E-state index is 0.0699. The van der Waals surface area contributed by atoms with Crippen molar-refractivity contribution in [1.82, 2.24) is 4.90 Å². The lowest BCUT2D eigenvalue weighted by atomic mass is 10.1. The monoisotopic (exact) mass is 374 g/mol. The van der Waals surface area contributed by atoms with Gasteiger partial charge in [0.25, 0.3) is 5.91 Å². The van der Waals surface area contributed by atoms with E-state index in [0.29, 0.717) is 25.1 Å². The van der Waals surface area contributed by atoms with E-state index in [2.05, 4.69) is 0 Å². The Morgan fingerprint density at radius 3 is 2.39 bits per heavy atom. The molecule has 2 amide bonds. The highest BCUT2D eigenvalue weighted by Gasteiger charge is 2.23. The molecule has 0 bridgehead atoms. The molecule has 0 atom stereocenters. The van der Waals surface area contributed by atoms with Gasteiger partial charge in [0.1, 0.15) is 5.76 Å². The number of nitrogens with zero attached hydrogens (tertiary/aromatic N) is 2. The van der Waals surface area contributed by atoms with Crippen molar-refractivity contribution in [3.05, 3.63) is 89.9 Å². The van der Waals surface area contributed by atoms with E-state index >= 15 is 0 Å². The van der Waals surface area contributed by atoms with Crippen molar-refractivity contribution in [2.24, 2.45) is 0 Å². The maximum Gasteiger partial charge on any atom is 0.254 e. The summed E-state index contributed by atoms with van der Waals surface area (Å²) in [5.74, 6) is 0.811. The molecule has 28 heavy (non-hydrogen) atoms. The van der Waals surface area contributed by atoms with Gasteiger partial charge in [-0.1, -0.05) is 30.3 Å². The fourth-order valence-corrected chi connectivity index (χ4v) is 3.48. The van der Waals surface area contributed by atoms with Gasteiger partial charge in [0, 0.05) is 30.8 Å². The van der Waals surface area contributed by atoms with Crippen molar-refractivity contribution in [1.29, 1.82) is 0 Å². The summed E-state index contributed by atoms with van der Waals surface area (Å²) in [5.41, 5.74) is 2.50. The second-order valence-electron chi connectivity index (χ2n) is 6.92. The van der Waals surface area contributed by atoms with E-state index < -0.39 is 0 Å². The molecule has 5 nitrogen and oxygen atoms in total. The maximum absolute atomic E-state index is 13.2. The Morgan fingerprint density at radius 2 is 1.75 bits per heavy atom. The molecular weight excluding hydrogens is 352 g/mol. The first kappa shape index (κ1) is 18.0. The number of hydrogen-bond acceptors (Lipinski definition) is 3. The summed E-state index contributed by atoms with van der Waals surface area (Å²) in [6, 6.07) is 20.9. The number of benzene rings is 2. The predicted octanol–water partition coefficient (Wildman–Crippen LogP) is 4.25. The van der Waals surface area contributed by atoms with Gasteiger partial charge in [-0.2, -0.15) is 0 Å². The first-order valence-electron chi connectivity index (χ1n) is 9.47. The van der Waals surface area contributed by atoms with Gasteiger partial charge >= 0.3 is 0 Å². The number of rotatable bonds is 6. The van der Waals surface area contributed by atoms with Crippen LogP contribution in [0.3, 0.4) is 0 Å². The first-order chi connectivity index (χ1) is 13.7. The number of carbonyl (C=O) groups is 2. The average Bonchev–Trinajstić information content (AvgIpc) is 3.39. The van der Waals surface area contributed by atoms with Crippen LogP contribution in [0.25, 0.3) is 0 Å². The molecule has 142 valence electrons. The first-order valence-corrected chi connectivity index (χ1v) is 9.47. The summed E-state index contributed by atoms with van der Waals surface area (Å²) in [6.07, 6.45) is 3.09. The summed E-state index contributed by atoms with van der Waals surface area (Å²) >= 11 is 0. The zero-order chi connectivity index (χ0) is 19.3. The van der Waals surface area contributed by atoms with Crippen molar-refractivity contribution < 1.29 is 14.0 Å². The van der Waals surface area contributed by atoms with Crippen LogP contribution in [0.2, 0.25) is 0 Å². The van der Waals surface area contributed by atoms with E-state index in [4.69, 9.17) is 4.42 Å². The van der Waals surface area contributed by atoms with Crippen LogP contribution < -0.4 is 4.90 Å². The summed E-state index contributed by atoms with van der Waals surface area (Å²) in [6.45, 7) is 1.63. The van der Waals surface area contributed by atoms with E-state index in [1.165, 1.54) is 0 Å². The summed E-state index contributed by atoms with van der Waals surface area (Å²) in [4.78, 5) is 28.6. The minimum atomic E-state index is -0.0699. The Labute approximate surface area is 164 Å². The second kappa shape index (κ2) is 8.13. The van der Waals surface area contributed by atoms with Gasteiger partial charge in [-0.3, -0.25) is 9.59 Å². The predicted molar refractivity (Wildman–Crippen MR) is 107 cm³/mol. The third-order valence-electron chi connectivity index (χ3n) is 4.93. The molecule has 0 unspecified atom stereocenters. The normalized spacial score (nSPS) is 13.7. The number of furan rings is 1. The molecule has 0 aliphatic carbocycles. The number of amides is 2. The Morgan fingerprint density at radius 1 is 0.964 bits per heavy atom. The van der Waals surface area contributed by atoms with E-state index in [1.54, 1.807) is 28.2 Å². The molecule has 1 aromatic heterocycles. The fraction of sp³-hybridized carbons (Fsp3) is 0.217. The van der Waals surface area contributed by atoms with E-state index in [9.17, 15) is 9.59 Å². The molecular formula is C23H22N2O3. The lowest BCUT2D eigenvalue weighted by molar-refractivity contribution is -0.117. The van der Waals surface area contributed by atoms with Gasteiger partial charge in [-0.15, -0.1) is 0 Å². The molecule has 1 aliphatic rings. The van der Waals surface area contributed by atoms with E-state index in [0.717, 1.165) is 30.0 Å². The summed E-state index contributed by atoms with van der Waals surface area (Å²) in [5, 5.41) is 0. The zero-order valence-electron chi connectivity index (χ0n) is 15.6. The molecule has 2 aromatic carbocycles. The third-order valence-corrected chi connectivity index (χ3v) is 4.93. The van der Waals surface area contributed by atoms with Crippen LogP contribution in [0.1, 0.15) is 34.5 Å². The molecule has 1 saturated heterocycles. The van der Waals surface area contributed by atoms with Crippen molar-refractivity contribution in [3.8, 4) is 0 Å². The molecule has 2 heterocycles. The highest BCUT2D eigenvalue weighted by atomic mass is 16.3. The average molecular weight is 374 g/mol. The standard InChI is InChI=1S/C23H22N2O3/c26-22-9-4-14-25(22)20-12-10-19(11-13-20)23(27)24(17-21-8-5-15-28-21)16-18-6-2-1-3-7-18/h1-3,5-8,10-13,15H,4,9,14,16-17H2. The molecule has 4 rings (SSSR count). The van der Waals surface area contributed by atoms with Gasteiger partial charge in [0.2, 0.25) is 5.91 Å². The Balaban J connectivity index is 1.54. The van der Waals surface area contributed by atoms with E-state index in [-0.39, 0.29) is 11.8 Å². The smallest absolute Gasteiger partial charge is 0.254 e. The lowest BCUT2D eigenvalue weighted by Gasteiger charge is -2.22. The van der Waals surface area contributed by atoms with Crippen LogP contribution in [-0.2, 0) is 17.9 Å². The highest BCUT2D eigenvalue weighted by Crippen LogP contribution is 2.23. The summed E-state index contributed by atoms with van der Waals surface area (Å²) < 4.78 is 5.45. The molecule has 1 fully saturated rings. The minimum Gasteiger partial charge on any atom is -0.467 e. The maximum atomic E-state index is 13.2. The van der Waals surface area contributed by atoms with Gasteiger partial charge in [-0.05, 0) is 48.4 Å². The van der Waals surface area contributed by atoms with Crippen LogP contribution >= 0.6 is 0 Å². The number of hydrogen-bond donors (Lipinski definition) is 0. The highest BCUT2D eigenvalue weighted by molar-refractivity contribution is 5.97. The molecule has 3 aromatic rings. The van der Waals surface area contributed by atoms with Crippen LogP contribution in [0.5, 0.6) is 0 Å². The van der Waals surface area contributed by atoms with Crippen molar-refractivity contribution in [2.45, 2.75) is 25.9 Å². The molecule has 0 N–H and O–H groups in total. The Kier molecular flexibility index (Phi) is 5.24. The van der Waals surface area contributed by atoms with Crippen molar-refractivity contribution in [2.75, 3.05) is 11.4 Å². The molecule has 1 aliphatic heterocycles. The van der Waals surface area contributed by atoms with Crippen molar-refractivity contribution >= 4 is 17.5 Å². The fourth-order valence-electron chi connectivity index (χ4n) is 3.48. The van der Waals surface area contributed by atoms with Gasteiger partial charge in [-0.25, -0.2) is 0 Å². The molecule has 5 heteroatoms. The Hall–Kier alpha value is -3.34. The quantitative estimate of drug-likeness (QED) is 0.648. The molecule has 0 saturated carbocycles. The second-order valence-corrected chi connectivity index (χ2v) is 6.92. The molecule has 0 radical (unpaired) electrons.